The van der Waals surface area contributed by atoms with E-state index in [1.165, 1.54) is 24.0 Å². The molecule has 5 heteroatoms. The van der Waals surface area contributed by atoms with Crippen molar-refractivity contribution in [2.75, 3.05) is 20.1 Å². The molecule has 0 radical (unpaired) electrons. The van der Waals surface area contributed by atoms with E-state index in [0.717, 1.165) is 38.4 Å². The van der Waals surface area contributed by atoms with Crippen molar-refractivity contribution >= 4 is 0 Å². The van der Waals surface area contributed by atoms with Gasteiger partial charge in [-0.1, -0.05) is 30.3 Å². The van der Waals surface area contributed by atoms with Crippen LogP contribution in [0.25, 0.3) is 0 Å². The number of hydrogen-bond acceptors (Lipinski definition) is 4. The Balaban J connectivity index is 1.42. The van der Waals surface area contributed by atoms with Crippen LogP contribution in [0.5, 0.6) is 0 Å². The molecule has 0 bridgehead atoms. The molecule has 1 aromatic carbocycles. The third kappa shape index (κ3) is 5.52. The first-order chi connectivity index (χ1) is 14.3. The number of aromatic nitrogens is 3. The van der Waals surface area contributed by atoms with E-state index >= 15 is 0 Å². The van der Waals surface area contributed by atoms with Crippen LogP contribution >= 0.6 is 0 Å². The van der Waals surface area contributed by atoms with Crippen LogP contribution in [0, 0.1) is 5.92 Å². The molecule has 1 atom stereocenters. The molecule has 1 unspecified atom stereocenters. The zero-order valence-electron chi connectivity index (χ0n) is 17.2. The van der Waals surface area contributed by atoms with Gasteiger partial charge in [-0.2, -0.15) is 0 Å². The maximum Gasteiger partial charge on any atom is 0.120 e. The summed E-state index contributed by atoms with van der Waals surface area (Å²) in [5, 5.41) is 0. The highest BCUT2D eigenvalue weighted by atomic mass is 15.2. The molecule has 5 nitrogen and oxygen atoms in total. The number of nitrogens with one attached hydrogen (secondary N) is 1. The van der Waals surface area contributed by atoms with Crippen molar-refractivity contribution in [3.05, 3.63) is 84.2 Å². The molecule has 29 heavy (non-hydrogen) atoms. The fourth-order valence-electron chi connectivity index (χ4n) is 4.52. The van der Waals surface area contributed by atoms with Crippen molar-refractivity contribution in [3.63, 3.8) is 0 Å². The Kier molecular flexibility index (Phi) is 6.70. The second kappa shape index (κ2) is 9.81. The predicted molar refractivity (Wildman–Crippen MR) is 116 cm³/mol. The van der Waals surface area contributed by atoms with Crippen LogP contribution in [0.15, 0.2) is 67.3 Å². The van der Waals surface area contributed by atoms with E-state index in [0.29, 0.717) is 12.0 Å². The number of likely N-dealkylation sites (tertiary alicyclic amines) is 1. The van der Waals surface area contributed by atoms with Gasteiger partial charge in [0.2, 0.25) is 0 Å². The lowest BCUT2D eigenvalue weighted by molar-refractivity contribution is 0.0943. The topological polar surface area (TPSA) is 48.1 Å². The van der Waals surface area contributed by atoms with Gasteiger partial charge in [-0.15, -0.1) is 0 Å². The molecule has 1 aliphatic heterocycles. The van der Waals surface area contributed by atoms with Gasteiger partial charge in [0.25, 0.3) is 0 Å². The summed E-state index contributed by atoms with van der Waals surface area (Å²) in [6.07, 6.45) is 11.1. The van der Waals surface area contributed by atoms with Gasteiger partial charge < -0.3 is 4.98 Å². The Labute approximate surface area is 173 Å². The molecular formula is C24H31N5. The van der Waals surface area contributed by atoms with Gasteiger partial charge in [0, 0.05) is 37.4 Å². The molecule has 0 amide bonds. The van der Waals surface area contributed by atoms with E-state index in [4.69, 9.17) is 0 Å². The predicted octanol–water partition coefficient (Wildman–Crippen LogP) is 3.76. The van der Waals surface area contributed by atoms with Gasteiger partial charge in [0.1, 0.15) is 5.82 Å². The number of benzene rings is 1. The van der Waals surface area contributed by atoms with E-state index in [1.54, 1.807) is 0 Å². The third-order valence-electron chi connectivity index (χ3n) is 6.14. The summed E-state index contributed by atoms with van der Waals surface area (Å²) in [6, 6.07) is 15.7. The zero-order valence-corrected chi connectivity index (χ0v) is 17.2. The van der Waals surface area contributed by atoms with Crippen LogP contribution in [-0.2, 0) is 19.5 Å². The molecule has 2 aromatic heterocycles. The minimum absolute atomic E-state index is 0.538. The first kappa shape index (κ1) is 19.8. The SMILES string of the molecule is CN(Cc1ccncc1)C(Cc1ccccc1)C1CCN(Cc2ncc[nH]2)CC1. The maximum absolute atomic E-state index is 4.38. The van der Waals surface area contributed by atoms with Gasteiger partial charge in [-0.3, -0.25) is 14.8 Å². The van der Waals surface area contributed by atoms with Crippen molar-refractivity contribution < 1.29 is 0 Å². The zero-order chi connectivity index (χ0) is 19.9. The number of pyridine rings is 1. The fourth-order valence-corrected chi connectivity index (χ4v) is 4.52. The molecule has 4 rings (SSSR count). The van der Waals surface area contributed by atoms with E-state index in [1.807, 2.05) is 24.8 Å². The molecular weight excluding hydrogens is 358 g/mol. The van der Waals surface area contributed by atoms with Crippen molar-refractivity contribution in [2.24, 2.45) is 5.92 Å². The van der Waals surface area contributed by atoms with E-state index < -0.39 is 0 Å². The molecule has 1 fully saturated rings. The average Bonchev–Trinajstić information content (AvgIpc) is 3.27. The largest absolute Gasteiger partial charge is 0.348 e. The van der Waals surface area contributed by atoms with Crippen LogP contribution in [0.2, 0.25) is 0 Å². The molecule has 1 saturated heterocycles. The summed E-state index contributed by atoms with van der Waals surface area (Å²) in [4.78, 5) is 16.9. The first-order valence-electron chi connectivity index (χ1n) is 10.6. The summed E-state index contributed by atoms with van der Waals surface area (Å²) in [5.74, 6) is 1.77. The van der Waals surface area contributed by atoms with Crippen molar-refractivity contribution in [1.82, 2.24) is 24.8 Å². The van der Waals surface area contributed by atoms with Gasteiger partial charge in [-0.25, -0.2) is 4.98 Å². The number of H-pyrrole nitrogens is 1. The Bertz CT molecular complexity index is 826. The first-order valence-corrected chi connectivity index (χ1v) is 10.6. The molecule has 1 N–H and O–H groups in total. The number of piperidine rings is 1. The second-order valence-corrected chi connectivity index (χ2v) is 8.18. The minimum atomic E-state index is 0.538. The standard InChI is InChI=1S/C24H31N5/c1-28(18-21-7-11-25-12-8-21)23(17-20-5-3-2-4-6-20)22-9-15-29(16-10-22)19-24-26-13-14-27-24/h2-8,11-14,22-23H,9-10,15-19H2,1H3,(H,26,27). The number of nitrogens with zero attached hydrogens (tertiary/aromatic N) is 4. The van der Waals surface area contributed by atoms with Crippen LogP contribution < -0.4 is 0 Å². The molecule has 152 valence electrons. The quantitative estimate of drug-likeness (QED) is 0.637. The summed E-state index contributed by atoms with van der Waals surface area (Å²) >= 11 is 0. The number of likely N-dealkylation sites (N-methyl/N-ethyl adjacent to an activating group) is 1. The monoisotopic (exact) mass is 389 g/mol. The average molecular weight is 390 g/mol. The highest BCUT2D eigenvalue weighted by Gasteiger charge is 2.29. The molecule has 0 saturated carbocycles. The minimum Gasteiger partial charge on any atom is -0.348 e. The van der Waals surface area contributed by atoms with Crippen LogP contribution in [0.3, 0.4) is 0 Å². The van der Waals surface area contributed by atoms with Gasteiger partial charge >= 0.3 is 0 Å². The normalized spacial score (nSPS) is 16.9. The molecule has 1 aliphatic rings. The van der Waals surface area contributed by atoms with Crippen molar-refractivity contribution in [3.8, 4) is 0 Å². The Hall–Kier alpha value is -2.50. The van der Waals surface area contributed by atoms with E-state index in [-0.39, 0.29) is 0 Å². The number of hydrogen-bond donors (Lipinski definition) is 1. The van der Waals surface area contributed by atoms with E-state index in [2.05, 4.69) is 74.3 Å². The summed E-state index contributed by atoms with van der Waals surface area (Å²) in [6.45, 7) is 4.17. The van der Waals surface area contributed by atoms with Crippen LogP contribution in [0.1, 0.15) is 29.8 Å². The molecule has 0 spiro atoms. The lowest BCUT2D eigenvalue weighted by Gasteiger charge is -2.40. The van der Waals surface area contributed by atoms with Gasteiger partial charge in [0.15, 0.2) is 0 Å². The maximum atomic E-state index is 4.38. The smallest absolute Gasteiger partial charge is 0.120 e. The van der Waals surface area contributed by atoms with Crippen molar-refractivity contribution in [1.29, 1.82) is 0 Å². The molecule has 3 heterocycles. The fraction of sp³-hybridized carbons (Fsp3) is 0.417. The lowest BCUT2D eigenvalue weighted by atomic mass is 9.85. The third-order valence-corrected chi connectivity index (χ3v) is 6.14. The van der Waals surface area contributed by atoms with Crippen molar-refractivity contribution in [2.45, 2.75) is 38.4 Å². The number of rotatable bonds is 8. The highest BCUT2D eigenvalue weighted by molar-refractivity contribution is 5.17. The molecule has 3 aromatic rings. The van der Waals surface area contributed by atoms with Gasteiger partial charge in [-0.05, 0) is 68.6 Å². The highest BCUT2D eigenvalue weighted by Crippen LogP contribution is 2.27. The summed E-state index contributed by atoms with van der Waals surface area (Å²) < 4.78 is 0. The van der Waals surface area contributed by atoms with Crippen LogP contribution in [0.4, 0.5) is 0 Å². The Morgan fingerprint density at radius 2 is 1.79 bits per heavy atom. The number of aromatic amines is 1. The Morgan fingerprint density at radius 1 is 1.03 bits per heavy atom. The number of imidazole rings is 1. The molecule has 0 aliphatic carbocycles. The van der Waals surface area contributed by atoms with E-state index in [9.17, 15) is 0 Å². The second-order valence-electron chi connectivity index (χ2n) is 8.18. The van der Waals surface area contributed by atoms with Gasteiger partial charge in [0.05, 0.1) is 6.54 Å². The summed E-state index contributed by atoms with van der Waals surface area (Å²) in [7, 11) is 2.28. The summed E-state index contributed by atoms with van der Waals surface area (Å²) in [5.41, 5.74) is 2.76. The van der Waals surface area contributed by atoms with Crippen LogP contribution in [-0.4, -0.2) is 50.9 Å². The lowest BCUT2D eigenvalue weighted by Crippen LogP contribution is -2.45. The Morgan fingerprint density at radius 3 is 2.48 bits per heavy atom.